The van der Waals surface area contributed by atoms with Crippen LogP contribution in [0, 0.1) is 6.92 Å². The second kappa shape index (κ2) is 8.39. The van der Waals surface area contributed by atoms with Gasteiger partial charge in [-0.2, -0.15) is 0 Å². The summed E-state index contributed by atoms with van der Waals surface area (Å²) >= 11 is 0. The van der Waals surface area contributed by atoms with Crippen LogP contribution in [0.15, 0.2) is 24.3 Å². The van der Waals surface area contributed by atoms with Crippen LogP contribution in [0.1, 0.15) is 37.8 Å². The van der Waals surface area contributed by atoms with Crippen LogP contribution in [0.2, 0.25) is 0 Å². The molecule has 0 aliphatic heterocycles. The highest BCUT2D eigenvalue weighted by Gasteiger charge is 2.09. The smallest absolute Gasteiger partial charge is 0.211 e. The van der Waals surface area contributed by atoms with Crippen molar-refractivity contribution in [2.75, 3.05) is 12.3 Å². The molecule has 0 heterocycles. The number of hydrogen-bond donors (Lipinski definition) is 2. The summed E-state index contributed by atoms with van der Waals surface area (Å²) in [5, 5.41) is 3.28. The van der Waals surface area contributed by atoms with Gasteiger partial charge in [0.25, 0.3) is 0 Å². The molecule has 0 aliphatic carbocycles. The normalized spacial score (nSPS) is 12.0. The first kappa shape index (κ1) is 17.1. The van der Waals surface area contributed by atoms with E-state index in [1.54, 1.807) is 0 Å². The Labute approximate surface area is 123 Å². The second-order valence-corrected chi connectivity index (χ2v) is 7.37. The van der Waals surface area contributed by atoms with E-state index in [4.69, 9.17) is 0 Å². The van der Waals surface area contributed by atoms with Crippen molar-refractivity contribution in [2.45, 2.75) is 46.2 Å². The summed E-state index contributed by atoms with van der Waals surface area (Å²) in [4.78, 5) is 0. The predicted octanol–water partition coefficient (Wildman–Crippen LogP) is 2.19. The highest BCUT2D eigenvalue weighted by molar-refractivity contribution is 7.89. The number of sulfonamides is 1. The molecule has 0 amide bonds. The van der Waals surface area contributed by atoms with Crippen molar-refractivity contribution in [2.24, 2.45) is 0 Å². The molecule has 0 fully saturated rings. The maximum Gasteiger partial charge on any atom is 0.211 e. The first-order chi connectivity index (χ1) is 9.39. The SMILES string of the molecule is Cc1cccc(CNS(=O)(=O)CCCCNC(C)C)c1. The Morgan fingerprint density at radius 3 is 2.60 bits per heavy atom. The van der Waals surface area contributed by atoms with E-state index in [-0.39, 0.29) is 5.75 Å². The Morgan fingerprint density at radius 1 is 1.20 bits per heavy atom. The van der Waals surface area contributed by atoms with Crippen LogP contribution < -0.4 is 10.0 Å². The minimum Gasteiger partial charge on any atom is -0.315 e. The van der Waals surface area contributed by atoms with Gasteiger partial charge >= 0.3 is 0 Å². The second-order valence-electron chi connectivity index (χ2n) is 5.44. The minimum atomic E-state index is -3.17. The fraction of sp³-hybridized carbons (Fsp3) is 0.600. The average Bonchev–Trinajstić information content (AvgIpc) is 2.36. The topological polar surface area (TPSA) is 58.2 Å². The third kappa shape index (κ3) is 7.62. The zero-order valence-electron chi connectivity index (χ0n) is 12.6. The van der Waals surface area contributed by atoms with Crippen LogP contribution in [0.3, 0.4) is 0 Å². The summed E-state index contributed by atoms with van der Waals surface area (Å²) in [6, 6.07) is 8.32. The Balaban J connectivity index is 2.28. The molecule has 20 heavy (non-hydrogen) atoms. The maximum absolute atomic E-state index is 11.9. The van der Waals surface area contributed by atoms with Gasteiger partial charge in [-0.1, -0.05) is 43.7 Å². The first-order valence-corrected chi connectivity index (χ1v) is 8.80. The predicted molar refractivity (Wildman–Crippen MR) is 84.2 cm³/mol. The first-order valence-electron chi connectivity index (χ1n) is 7.15. The molecular formula is C15H26N2O2S. The van der Waals surface area contributed by atoms with E-state index in [0.717, 1.165) is 24.1 Å². The van der Waals surface area contributed by atoms with Gasteiger partial charge in [-0.05, 0) is 31.9 Å². The molecule has 0 unspecified atom stereocenters. The average molecular weight is 298 g/mol. The molecule has 5 heteroatoms. The van der Waals surface area contributed by atoms with Crippen LogP contribution >= 0.6 is 0 Å². The van der Waals surface area contributed by atoms with Gasteiger partial charge in [0.1, 0.15) is 0 Å². The van der Waals surface area contributed by atoms with Gasteiger partial charge in [0, 0.05) is 12.6 Å². The highest BCUT2D eigenvalue weighted by Crippen LogP contribution is 2.04. The third-order valence-electron chi connectivity index (χ3n) is 2.97. The molecule has 0 radical (unpaired) electrons. The van der Waals surface area contributed by atoms with Crippen molar-refractivity contribution in [1.82, 2.24) is 10.0 Å². The third-order valence-corrected chi connectivity index (χ3v) is 4.38. The van der Waals surface area contributed by atoms with E-state index >= 15 is 0 Å². The Morgan fingerprint density at radius 2 is 1.95 bits per heavy atom. The van der Waals surface area contributed by atoms with Crippen LogP contribution in [0.25, 0.3) is 0 Å². The standard InChI is InChI=1S/C15H26N2O2S/c1-13(2)16-9-4-5-10-20(18,19)17-12-15-8-6-7-14(3)11-15/h6-8,11,13,16-17H,4-5,9-10,12H2,1-3H3. The molecule has 4 nitrogen and oxygen atoms in total. The van der Waals surface area contributed by atoms with Gasteiger partial charge in [-0.25, -0.2) is 13.1 Å². The van der Waals surface area contributed by atoms with Crippen LogP contribution in [0.5, 0.6) is 0 Å². The molecule has 1 aromatic rings. The summed E-state index contributed by atoms with van der Waals surface area (Å²) in [5.74, 6) is 0.193. The Kier molecular flexibility index (Phi) is 7.19. The van der Waals surface area contributed by atoms with Gasteiger partial charge < -0.3 is 5.32 Å². The van der Waals surface area contributed by atoms with E-state index in [1.807, 2.05) is 31.2 Å². The zero-order valence-corrected chi connectivity index (χ0v) is 13.5. The summed E-state index contributed by atoms with van der Waals surface area (Å²) in [6.07, 6.45) is 1.56. The molecule has 2 N–H and O–H groups in total. The van der Waals surface area contributed by atoms with Gasteiger partial charge in [0.15, 0.2) is 0 Å². The Bertz CT molecular complexity index is 498. The number of aryl methyl sites for hydroxylation is 1. The lowest BCUT2D eigenvalue weighted by Gasteiger charge is -2.09. The molecule has 0 saturated carbocycles. The molecular weight excluding hydrogens is 272 g/mol. The largest absolute Gasteiger partial charge is 0.315 e. The lowest BCUT2D eigenvalue weighted by Crippen LogP contribution is -2.27. The Hall–Kier alpha value is -0.910. The number of rotatable bonds is 9. The quantitative estimate of drug-likeness (QED) is 0.687. The molecule has 114 valence electrons. The summed E-state index contributed by atoms with van der Waals surface area (Å²) in [7, 11) is -3.17. The molecule has 0 aromatic heterocycles. The van der Waals surface area contributed by atoms with Crippen LogP contribution in [0.4, 0.5) is 0 Å². The van der Waals surface area contributed by atoms with Crippen molar-refractivity contribution in [1.29, 1.82) is 0 Å². The number of benzene rings is 1. The van der Waals surface area contributed by atoms with Crippen molar-refractivity contribution in [3.8, 4) is 0 Å². The maximum atomic E-state index is 11.9. The van der Waals surface area contributed by atoms with Gasteiger partial charge in [0.2, 0.25) is 10.0 Å². The number of unbranched alkanes of at least 4 members (excludes halogenated alkanes) is 1. The van der Waals surface area contributed by atoms with Crippen molar-refractivity contribution in [3.63, 3.8) is 0 Å². The van der Waals surface area contributed by atoms with E-state index in [2.05, 4.69) is 23.9 Å². The summed E-state index contributed by atoms with van der Waals surface area (Å²) in [6.45, 7) is 7.40. The lowest BCUT2D eigenvalue weighted by atomic mass is 10.1. The van der Waals surface area contributed by atoms with Gasteiger partial charge in [-0.15, -0.1) is 0 Å². The van der Waals surface area contributed by atoms with Crippen molar-refractivity contribution < 1.29 is 8.42 Å². The van der Waals surface area contributed by atoms with Crippen LogP contribution in [-0.2, 0) is 16.6 Å². The number of nitrogens with one attached hydrogen (secondary N) is 2. The lowest BCUT2D eigenvalue weighted by molar-refractivity contribution is 0.555. The van der Waals surface area contributed by atoms with E-state index in [1.165, 1.54) is 0 Å². The molecule has 0 bridgehead atoms. The molecule has 0 saturated heterocycles. The fourth-order valence-corrected chi connectivity index (χ4v) is 3.01. The van der Waals surface area contributed by atoms with E-state index in [9.17, 15) is 8.42 Å². The molecule has 0 atom stereocenters. The van der Waals surface area contributed by atoms with Crippen molar-refractivity contribution >= 4 is 10.0 Å². The van der Waals surface area contributed by atoms with Gasteiger partial charge in [-0.3, -0.25) is 0 Å². The summed E-state index contributed by atoms with van der Waals surface area (Å²) < 4.78 is 26.4. The number of hydrogen-bond acceptors (Lipinski definition) is 3. The van der Waals surface area contributed by atoms with Gasteiger partial charge in [0.05, 0.1) is 5.75 Å². The van der Waals surface area contributed by atoms with E-state index < -0.39 is 10.0 Å². The van der Waals surface area contributed by atoms with E-state index in [0.29, 0.717) is 19.0 Å². The summed E-state index contributed by atoms with van der Waals surface area (Å²) in [5.41, 5.74) is 2.14. The molecule has 0 aliphatic rings. The van der Waals surface area contributed by atoms with Crippen molar-refractivity contribution in [3.05, 3.63) is 35.4 Å². The monoisotopic (exact) mass is 298 g/mol. The molecule has 1 rings (SSSR count). The van der Waals surface area contributed by atoms with Crippen LogP contribution in [-0.4, -0.2) is 26.8 Å². The molecule has 0 spiro atoms. The fourth-order valence-electron chi connectivity index (χ4n) is 1.90. The highest BCUT2D eigenvalue weighted by atomic mass is 32.2. The minimum absolute atomic E-state index is 0.193. The molecule has 1 aromatic carbocycles. The zero-order chi connectivity index (χ0) is 15.0.